The highest BCUT2D eigenvalue weighted by Crippen LogP contribution is 2.24. The van der Waals surface area contributed by atoms with Gasteiger partial charge in [-0.2, -0.15) is 0 Å². The van der Waals surface area contributed by atoms with Gasteiger partial charge in [-0.3, -0.25) is 4.79 Å². The lowest BCUT2D eigenvalue weighted by molar-refractivity contribution is -0.137. The quantitative estimate of drug-likeness (QED) is 0.718. The number of carbonyl (C=O) groups is 1. The van der Waals surface area contributed by atoms with Crippen LogP contribution >= 0.6 is 11.3 Å². The minimum Gasteiger partial charge on any atom is -0.481 e. The van der Waals surface area contributed by atoms with Crippen LogP contribution in [0.25, 0.3) is 0 Å². The van der Waals surface area contributed by atoms with Gasteiger partial charge in [0.1, 0.15) is 0 Å². The first-order chi connectivity index (χ1) is 9.06. The molecule has 0 bridgehead atoms. The minimum absolute atomic E-state index is 0.0634. The first-order valence-corrected chi connectivity index (χ1v) is 7.95. The van der Waals surface area contributed by atoms with Gasteiger partial charge in [0, 0.05) is 10.9 Å². The van der Waals surface area contributed by atoms with Crippen LogP contribution in [-0.2, 0) is 4.79 Å². The highest BCUT2D eigenvalue weighted by molar-refractivity contribution is 7.10. The average molecular weight is 283 g/mol. The smallest absolute Gasteiger partial charge is 0.305 e. The molecule has 0 spiro atoms. The molecule has 108 valence electrons. The van der Waals surface area contributed by atoms with Crippen molar-refractivity contribution in [3.63, 3.8) is 0 Å². The fourth-order valence-electron chi connectivity index (χ4n) is 2.20. The van der Waals surface area contributed by atoms with E-state index in [1.165, 1.54) is 6.42 Å². The van der Waals surface area contributed by atoms with Crippen molar-refractivity contribution in [2.75, 3.05) is 0 Å². The second-order valence-electron chi connectivity index (χ2n) is 5.19. The maximum absolute atomic E-state index is 11.0. The predicted octanol–water partition coefficient (Wildman–Crippen LogP) is 4.07. The molecule has 0 aliphatic rings. The van der Waals surface area contributed by atoms with Crippen LogP contribution in [0.2, 0.25) is 0 Å². The largest absolute Gasteiger partial charge is 0.481 e. The normalized spacial score (nSPS) is 15.9. The van der Waals surface area contributed by atoms with Crippen LogP contribution in [0, 0.1) is 5.92 Å². The van der Waals surface area contributed by atoms with Crippen molar-refractivity contribution in [2.24, 2.45) is 5.92 Å². The molecule has 1 aromatic heterocycles. The predicted molar refractivity (Wildman–Crippen MR) is 80.6 cm³/mol. The van der Waals surface area contributed by atoms with Crippen molar-refractivity contribution < 1.29 is 9.90 Å². The average Bonchev–Trinajstić information content (AvgIpc) is 2.89. The fourth-order valence-corrected chi connectivity index (χ4v) is 2.98. The Morgan fingerprint density at radius 3 is 2.63 bits per heavy atom. The minimum atomic E-state index is -0.746. The molecule has 3 atom stereocenters. The van der Waals surface area contributed by atoms with Gasteiger partial charge in [0.05, 0.1) is 12.5 Å². The fraction of sp³-hybridized carbons (Fsp3) is 0.667. The maximum atomic E-state index is 11.0. The Morgan fingerprint density at radius 2 is 2.16 bits per heavy atom. The van der Waals surface area contributed by atoms with E-state index in [-0.39, 0.29) is 12.5 Å². The van der Waals surface area contributed by atoms with Crippen LogP contribution in [0.15, 0.2) is 17.5 Å². The first-order valence-electron chi connectivity index (χ1n) is 7.08. The molecule has 3 nitrogen and oxygen atoms in total. The molecule has 1 heterocycles. The third-order valence-electron chi connectivity index (χ3n) is 3.58. The number of hydrogen-bond acceptors (Lipinski definition) is 3. The molecule has 0 aliphatic heterocycles. The van der Waals surface area contributed by atoms with Gasteiger partial charge in [-0.15, -0.1) is 11.3 Å². The molecule has 1 aromatic rings. The Balaban J connectivity index is 2.67. The van der Waals surface area contributed by atoms with Gasteiger partial charge in [-0.05, 0) is 30.2 Å². The maximum Gasteiger partial charge on any atom is 0.305 e. The number of hydrogen-bond donors (Lipinski definition) is 2. The summed E-state index contributed by atoms with van der Waals surface area (Å²) in [5.74, 6) is -0.0736. The van der Waals surface area contributed by atoms with Gasteiger partial charge in [-0.25, -0.2) is 0 Å². The van der Waals surface area contributed by atoms with Gasteiger partial charge < -0.3 is 10.4 Å². The molecule has 4 heteroatoms. The summed E-state index contributed by atoms with van der Waals surface area (Å²) in [6, 6.07) is 4.32. The first kappa shape index (κ1) is 16.2. The van der Waals surface area contributed by atoms with Crippen molar-refractivity contribution in [1.29, 1.82) is 0 Å². The highest BCUT2D eigenvalue weighted by Gasteiger charge is 2.20. The molecule has 0 radical (unpaired) electrons. The van der Waals surface area contributed by atoms with Crippen LogP contribution in [0.4, 0.5) is 0 Å². The zero-order chi connectivity index (χ0) is 14.3. The highest BCUT2D eigenvalue weighted by atomic mass is 32.1. The van der Waals surface area contributed by atoms with Crippen molar-refractivity contribution in [3.8, 4) is 0 Å². The third-order valence-corrected chi connectivity index (χ3v) is 4.56. The van der Waals surface area contributed by atoms with E-state index in [0.717, 1.165) is 17.7 Å². The molecule has 0 saturated heterocycles. The van der Waals surface area contributed by atoms with Crippen LogP contribution in [0.3, 0.4) is 0 Å². The summed E-state index contributed by atoms with van der Waals surface area (Å²) < 4.78 is 0. The SMILES string of the molecule is CCC(C)CC(CC)NC(CC(=O)O)c1cccs1. The molecule has 0 aromatic carbocycles. The summed E-state index contributed by atoms with van der Waals surface area (Å²) in [5.41, 5.74) is 0. The molecule has 0 aliphatic carbocycles. The van der Waals surface area contributed by atoms with Gasteiger partial charge in [0.2, 0.25) is 0 Å². The van der Waals surface area contributed by atoms with Crippen molar-refractivity contribution in [3.05, 3.63) is 22.4 Å². The number of carboxylic acids is 1. The number of rotatable bonds is 9. The monoisotopic (exact) mass is 283 g/mol. The molecular weight excluding hydrogens is 258 g/mol. The second-order valence-corrected chi connectivity index (χ2v) is 6.17. The van der Waals surface area contributed by atoms with Crippen LogP contribution in [-0.4, -0.2) is 17.1 Å². The third kappa shape index (κ3) is 5.74. The van der Waals surface area contributed by atoms with E-state index in [4.69, 9.17) is 5.11 Å². The van der Waals surface area contributed by atoms with Crippen molar-refractivity contribution >= 4 is 17.3 Å². The number of carboxylic acid groups (broad SMARTS) is 1. The summed E-state index contributed by atoms with van der Waals surface area (Å²) in [6.07, 6.45) is 3.46. The van der Waals surface area contributed by atoms with Gasteiger partial charge in [0.25, 0.3) is 0 Å². The zero-order valence-corrected chi connectivity index (χ0v) is 12.9. The Bertz CT molecular complexity index is 364. The summed E-state index contributed by atoms with van der Waals surface area (Å²) >= 11 is 1.62. The van der Waals surface area contributed by atoms with E-state index in [2.05, 4.69) is 26.1 Å². The van der Waals surface area contributed by atoms with E-state index in [1.807, 2.05) is 17.5 Å². The summed E-state index contributed by atoms with van der Waals surface area (Å²) in [5, 5.41) is 14.6. The molecule has 3 unspecified atom stereocenters. The zero-order valence-electron chi connectivity index (χ0n) is 12.1. The van der Waals surface area contributed by atoms with Crippen LogP contribution < -0.4 is 5.32 Å². The molecule has 19 heavy (non-hydrogen) atoms. The Morgan fingerprint density at radius 1 is 1.42 bits per heavy atom. The van der Waals surface area contributed by atoms with E-state index in [1.54, 1.807) is 11.3 Å². The second kappa shape index (κ2) is 8.33. The van der Waals surface area contributed by atoms with E-state index in [9.17, 15) is 4.79 Å². The number of aliphatic carboxylic acids is 1. The lowest BCUT2D eigenvalue weighted by Gasteiger charge is -2.25. The molecule has 0 fully saturated rings. The topological polar surface area (TPSA) is 49.3 Å². The lowest BCUT2D eigenvalue weighted by Crippen LogP contribution is -2.34. The van der Waals surface area contributed by atoms with Gasteiger partial charge in [0.15, 0.2) is 0 Å². The Hall–Kier alpha value is -0.870. The molecular formula is C15H25NO2S. The van der Waals surface area contributed by atoms with E-state index >= 15 is 0 Å². The van der Waals surface area contributed by atoms with E-state index in [0.29, 0.717) is 12.0 Å². The summed E-state index contributed by atoms with van der Waals surface area (Å²) in [4.78, 5) is 12.1. The lowest BCUT2D eigenvalue weighted by atomic mass is 9.96. The number of nitrogens with one attached hydrogen (secondary N) is 1. The molecule has 2 N–H and O–H groups in total. The number of thiophene rings is 1. The Labute approximate surface area is 120 Å². The molecule has 1 rings (SSSR count). The van der Waals surface area contributed by atoms with Gasteiger partial charge >= 0.3 is 5.97 Å². The summed E-state index contributed by atoms with van der Waals surface area (Å²) in [6.45, 7) is 6.61. The van der Waals surface area contributed by atoms with Crippen LogP contribution in [0.1, 0.15) is 57.4 Å². The summed E-state index contributed by atoms with van der Waals surface area (Å²) in [7, 11) is 0. The van der Waals surface area contributed by atoms with E-state index < -0.39 is 5.97 Å². The molecule has 0 amide bonds. The van der Waals surface area contributed by atoms with Crippen LogP contribution in [0.5, 0.6) is 0 Å². The van der Waals surface area contributed by atoms with Crippen molar-refractivity contribution in [1.82, 2.24) is 5.32 Å². The molecule has 0 saturated carbocycles. The Kier molecular flexibility index (Phi) is 7.10. The van der Waals surface area contributed by atoms with Crippen molar-refractivity contribution in [2.45, 2.75) is 58.5 Å². The standard InChI is InChI=1S/C15H25NO2S/c1-4-11(3)9-12(5-2)16-13(10-15(17)18)14-7-6-8-19-14/h6-8,11-13,16H,4-5,9-10H2,1-3H3,(H,17,18). The van der Waals surface area contributed by atoms with Gasteiger partial charge in [-0.1, -0.05) is 33.3 Å².